The predicted molar refractivity (Wildman–Crippen MR) is 75.4 cm³/mol. The van der Waals surface area contributed by atoms with E-state index in [4.69, 9.17) is 4.74 Å². The first kappa shape index (κ1) is 14.0. The van der Waals surface area contributed by atoms with Crippen molar-refractivity contribution in [1.82, 2.24) is 4.98 Å². The Morgan fingerprint density at radius 3 is 3.16 bits per heavy atom. The van der Waals surface area contributed by atoms with Gasteiger partial charge >= 0.3 is 0 Å². The van der Waals surface area contributed by atoms with Crippen LogP contribution >= 0.6 is 15.9 Å². The first-order chi connectivity index (χ1) is 9.11. The zero-order valence-corrected chi connectivity index (χ0v) is 11.9. The van der Waals surface area contributed by atoms with Crippen molar-refractivity contribution in [3.05, 3.63) is 39.5 Å². The summed E-state index contributed by atoms with van der Waals surface area (Å²) >= 11 is 3.33. The molecular formula is C12H14BrN3O3. The van der Waals surface area contributed by atoms with Gasteiger partial charge in [0.05, 0.1) is 22.1 Å². The molecule has 0 saturated carbocycles. The summed E-state index contributed by atoms with van der Waals surface area (Å²) in [6, 6.07) is 1.47. The highest BCUT2D eigenvalue weighted by atomic mass is 79.9. The van der Waals surface area contributed by atoms with Crippen molar-refractivity contribution in [3.63, 3.8) is 0 Å². The van der Waals surface area contributed by atoms with Crippen molar-refractivity contribution in [2.75, 3.05) is 24.6 Å². The summed E-state index contributed by atoms with van der Waals surface area (Å²) in [6.45, 7) is 5.71. The Morgan fingerprint density at radius 1 is 1.74 bits per heavy atom. The van der Waals surface area contributed by atoms with Gasteiger partial charge in [0.25, 0.3) is 5.69 Å². The van der Waals surface area contributed by atoms with Gasteiger partial charge in [-0.2, -0.15) is 0 Å². The number of anilines is 1. The molecule has 0 aliphatic carbocycles. The summed E-state index contributed by atoms with van der Waals surface area (Å²) in [6.07, 6.45) is 4.07. The van der Waals surface area contributed by atoms with Crippen LogP contribution in [0.15, 0.2) is 29.4 Å². The molecule has 2 heterocycles. The Bertz CT molecular complexity index is 495. The highest BCUT2D eigenvalue weighted by molar-refractivity contribution is 9.10. The van der Waals surface area contributed by atoms with E-state index in [2.05, 4.69) is 32.4 Å². The van der Waals surface area contributed by atoms with Gasteiger partial charge in [0.1, 0.15) is 12.0 Å². The molecule has 1 saturated heterocycles. The van der Waals surface area contributed by atoms with E-state index < -0.39 is 4.92 Å². The highest BCUT2D eigenvalue weighted by Gasteiger charge is 2.26. The molecule has 1 fully saturated rings. The molecule has 19 heavy (non-hydrogen) atoms. The molecule has 7 heteroatoms. The number of hydrogen-bond donors (Lipinski definition) is 0. The molecule has 0 bridgehead atoms. The maximum atomic E-state index is 10.7. The maximum Gasteiger partial charge on any atom is 0.288 e. The molecule has 102 valence electrons. The lowest BCUT2D eigenvalue weighted by molar-refractivity contribution is -0.385. The second kappa shape index (κ2) is 6.12. The first-order valence-corrected chi connectivity index (χ1v) is 6.68. The average Bonchev–Trinajstić information content (AvgIpc) is 2.84. The van der Waals surface area contributed by atoms with Crippen molar-refractivity contribution < 1.29 is 9.66 Å². The molecule has 1 aromatic heterocycles. The Labute approximate surface area is 119 Å². The van der Waals surface area contributed by atoms with Crippen molar-refractivity contribution in [2.24, 2.45) is 0 Å². The molecule has 6 nitrogen and oxygen atoms in total. The number of halogens is 1. The quantitative estimate of drug-likeness (QED) is 0.472. The average molecular weight is 328 g/mol. The molecule has 0 radical (unpaired) electrons. The number of nitrogens with zero attached hydrogens (tertiary/aromatic N) is 3. The first-order valence-electron chi connectivity index (χ1n) is 5.89. The number of aromatic nitrogens is 1. The number of pyridine rings is 1. The third-order valence-electron chi connectivity index (χ3n) is 2.91. The Kier molecular flexibility index (Phi) is 4.49. The lowest BCUT2D eigenvalue weighted by Gasteiger charge is -2.18. The number of ether oxygens (including phenoxy) is 1. The van der Waals surface area contributed by atoms with Gasteiger partial charge < -0.3 is 9.64 Å². The summed E-state index contributed by atoms with van der Waals surface area (Å²) in [5, 5.41) is 10.7. The van der Waals surface area contributed by atoms with Crippen LogP contribution in [0.4, 0.5) is 11.5 Å². The topological polar surface area (TPSA) is 68.5 Å². The number of nitro groups is 1. The van der Waals surface area contributed by atoms with E-state index in [9.17, 15) is 10.1 Å². The van der Waals surface area contributed by atoms with Crippen LogP contribution in [-0.2, 0) is 4.74 Å². The Balaban J connectivity index is 2.07. The molecule has 1 unspecified atom stereocenters. The number of hydrogen-bond acceptors (Lipinski definition) is 5. The minimum absolute atomic E-state index is 0.0192. The van der Waals surface area contributed by atoms with Crippen LogP contribution in [0.3, 0.4) is 0 Å². The van der Waals surface area contributed by atoms with E-state index in [1.807, 2.05) is 0 Å². The lowest BCUT2D eigenvalue weighted by Crippen LogP contribution is -2.24. The highest BCUT2D eigenvalue weighted by Crippen LogP contribution is 2.30. The monoisotopic (exact) mass is 327 g/mol. The van der Waals surface area contributed by atoms with Gasteiger partial charge in [-0.3, -0.25) is 10.1 Å². The van der Waals surface area contributed by atoms with Gasteiger partial charge in [-0.05, 0) is 22.4 Å². The Hall–Kier alpha value is -1.47. The summed E-state index contributed by atoms with van der Waals surface area (Å²) in [5.41, 5.74) is -0.0192. The van der Waals surface area contributed by atoms with Crippen LogP contribution in [-0.4, -0.2) is 35.7 Å². The molecule has 0 aromatic carbocycles. The SMILES string of the molecule is C=CCOC1CCN(c2ncc([N+](=O)[O-])cc2Br)C1. The van der Waals surface area contributed by atoms with Gasteiger partial charge in [0.2, 0.25) is 0 Å². The molecule has 1 aliphatic heterocycles. The van der Waals surface area contributed by atoms with Crippen LogP contribution in [0, 0.1) is 10.1 Å². The molecule has 1 aliphatic rings. The van der Waals surface area contributed by atoms with Gasteiger partial charge in [0.15, 0.2) is 0 Å². The van der Waals surface area contributed by atoms with Gasteiger partial charge in [0, 0.05) is 19.2 Å². The fourth-order valence-electron chi connectivity index (χ4n) is 2.01. The molecule has 0 spiro atoms. The maximum absolute atomic E-state index is 10.7. The molecule has 2 rings (SSSR count). The second-order valence-corrected chi connectivity index (χ2v) is 5.09. The van der Waals surface area contributed by atoms with Crippen LogP contribution in [0.25, 0.3) is 0 Å². The fourth-order valence-corrected chi connectivity index (χ4v) is 2.60. The van der Waals surface area contributed by atoms with Crippen molar-refractivity contribution in [2.45, 2.75) is 12.5 Å². The van der Waals surface area contributed by atoms with Crippen LogP contribution in [0.1, 0.15) is 6.42 Å². The van der Waals surface area contributed by atoms with E-state index >= 15 is 0 Å². The van der Waals surface area contributed by atoms with E-state index in [-0.39, 0.29) is 11.8 Å². The fraction of sp³-hybridized carbons (Fsp3) is 0.417. The summed E-state index contributed by atoms with van der Waals surface area (Å²) in [5.74, 6) is 0.718. The van der Waals surface area contributed by atoms with E-state index in [0.717, 1.165) is 25.3 Å². The summed E-state index contributed by atoms with van der Waals surface area (Å²) in [4.78, 5) is 16.4. The minimum Gasteiger partial charge on any atom is -0.372 e. The zero-order chi connectivity index (χ0) is 13.8. The third kappa shape index (κ3) is 3.30. The summed E-state index contributed by atoms with van der Waals surface area (Å²) in [7, 11) is 0. The molecule has 0 N–H and O–H groups in total. The molecule has 0 amide bonds. The number of rotatable bonds is 5. The van der Waals surface area contributed by atoms with Crippen molar-refractivity contribution in [3.8, 4) is 0 Å². The predicted octanol–water partition coefficient (Wildman–Crippen LogP) is 2.53. The standard InChI is InChI=1S/C12H14BrN3O3/c1-2-5-19-10-3-4-15(8-10)12-11(13)6-9(7-14-12)16(17)18/h2,6-7,10H,1,3-5,8H2. The normalized spacial score (nSPS) is 18.6. The van der Waals surface area contributed by atoms with Gasteiger partial charge in [-0.25, -0.2) is 4.98 Å². The van der Waals surface area contributed by atoms with Crippen LogP contribution in [0.5, 0.6) is 0 Å². The van der Waals surface area contributed by atoms with Crippen molar-refractivity contribution in [1.29, 1.82) is 0 Å². The van der Waals surface area contributed by atoms with Gasteiger partial charge in [-0.1, -0.05) is 6.08 Å². The van der Waals surface area contributed by atoms with E-state index in [1.165, 1.54) is 12.3 Å². The molecular weight excluding hydrogens is 314 g/mol. The van der Waals surface area contributed by atoms with E-state index in [1.54, 1.807) is 6.08 Å². The molecule has 1 atom stereocenters. The minimum atomic E-state index is -0.457. The van der Waals surface area contributed by atoms with Gasteiger partial charge in [-0.15, -0.1) is 6.58 Å². The lowest BCUT2D eigenvalue weighted by atomic mass is 10.3. The second-order valence-electron chi connectivity index (χ2n) is 4.23. The smallest absolute Gasteiger partial charge is 0.288 e. The zero-order valence-electron chi connectivity index (χ0n) is 10.3. The van der Waals surface area contributed by atoms with Crippen LogP contribution < -0.4 is 4.90 Å². The van der Waals surface area contributed by atoms with Crippen molar-refractivity contribution >= 4 is 27.4 Å². The third-order valence-corrected chi connectivity index (χ3v) is 3.50. The largest absolute Gasteiger partial charge is 0.372 e. The van der Waals surface area contributed by atoms with Crippen LogP contribution in [0.2, 0.25) is 0 Å². The Morgan fingerprint density at radius 2 is 2.53 bits per heavy atom. The molecule has 1 aromatic rings. The summed E-state index contributed by atoms with van der Waals surface area (Å²) < 4.78 is 6.23. The van der Waals surface area contributed by atoms with E-state index in [0.29, 0.717) is 11.1 Å².